The summed E-state index contributed by atoms with van der Waals surface area (Å²) in [7, 11) is -7.51. The fourth-order valence-corrected chi connectivity index (χ4v) is 8.24. The summed E-state index contributed by atoms with van der Waals surface area (Å²) in [6, 6.07) is 24.5. The third-order valence-electron chi connectivity index (χ3n) is 7.12. The van der Waals surface area contributed by atoms with Gasteiger partial charge < -0.3 is 5.32 Å². The van der Waals surface area contributed by atoms with Gasteiger partial charge in [-0.2, -0.15) is 0 Å². The van der Waals surface area contributed by atoms with Crippen molar-refractivity contribution < 1.29 is 21.6 Å². The Morgan fingerprint density at radius 1 is 0.675 bits per heavy atom. The normalized spacial score (nSPS) is 14.6. The number of hydrogen-bond donors (Lipinski definition) is 1. The van der Waals surface area contributed by atoms with Crippen LogP contribution >= 0.6 is 11.6 Å². The van der Waals surface area contributed by atoms with E-state index in [1.165, 1.54) is 32.9 Å². The first-order valence-electron chi connectivity index (χ1n) is 12.6. The van der Waals surface area contributed by atoms with E-state index in [4.69, 9.17) is 11.6 Å². The average Bonchev–Trinajstić information content (AvgIpc) is 3.58. The van der Waals surface area contributed by atoms with Gasteiger partial charge in [0.2, 0.25) is 0 Å². The standard InChI is InChI=1S/C29H24ClN3O5S2/c30-23-8-11-26(12-9-23)40(37,38)33-16-14-20-6-10-24(19-28(20)33)31-29(34)22-7-13-27-21(18-22)15-17-32(27)39(35,36)25-4-2-1-3-5-25/h1-13,18-19H,14-17H2,(H,31,34). The van der Waals surface area contributed by atoms with Crippen molar-refractivity contribution in [2.75, 3.05) is 27.0 Å². The predicted molar refractivity (Wildman–Crippen MR) is 155 cm³/mol. The largest absolute Gasteiger partial charge is 0.322 e. The molecular formula is C29H24ClN3O5S2. The molecule has 0 aromatic heterocycles. The molecule has 8 nitrogen and oxygen atoms in total. The highest BCUT2D eigenvalue weighted by atomic mass is 35.5. The van der Waals surface area contributed by atoms with Crippen LogP contribution in [-0.4, -0.2) is 35.8 Å². The molecule has 4 aromatic rings. The minimum atomic E-state index is -3.80. The second-order valence-corrected chi connectivity index (χ2v) is 13.7. The molecule has 0 spiro atoms. The van der Waals surface area contributed by atoms with E-state index in [0.717, 1.165) is 11.1 Å². The van der Waals surface area contributed by atoms with Crippen LogP contribution < -0.4 is 13.9 Å². The van der Waals surface area contributed by atoms with Crippen LogP contribution in [0.3, 0.4) is 0 Å². The molecule has 0 radical (unpaired) electrons. The van der Waals surface area contributed by atoms with Gasteiger partial charge in [-0.05, 0) is 90.7 Å². The third-order valence-corrected chi connectivity index (χ3v) is 11.0. The van der Waals surface area contributed by atoms with Crippen LogP contribution in [0.1, 0.15) is 21.5 Å². The highest BCUT2D eigenvalue weighted by Crippen LogP contribution is 2.36. The number of rotatable bonds is 6. The van der Waals surface area contributed by atoms with Gasteiger partial charge in [0.1, 0.15) is 0 Å². The lowest BCUT2D eigenvalue weighted by Crippen LogP contribution is -2.29. The molecule has 0 aliphatic carbocycles. The number of benzene rings is 4. The number of nitrogens with zero attached hydrogens (tertiary/aromatic N) is 2. The number of amides is 1. The smallest absolute Gasteiger partial charge is 0.264 e. The number of sulfonamides is 2. The van der Waals surface area contributed by atoms with E-state index >= 15 is 0 Å². The minimum absolute atomic E-state index is 0.139. The zero-order chi connectivity index (χ0) is 28.1. The van der Waals surface area contributed by atoms with E-state index in [9.17, 15) is 21.6 Å². The van der Waals surface area contributed by atoms with E-state index < -0.39 is 20.0 Å². The molecule has 2 aliphatic rings. The average molecular weight is 594 g/mol. The summed E-state index contributed by atoms with van der Waals surface area (Å²) < 4.78 is 55.6. The SMILES string of the molecule is O=C(Nc1ccc2c(c1)N(S(=O)(=O)c1ccc(Cl)cc1)CC2)c1ccc2c(c1)CCN2S(=O)(=O)c1ccccc1. The van der Waals surface area contributed by atoms with Gasteiger partial charge in [-0.25, -0.2) is 16.8 Å². The molecule has 6 rings (SSSR count). The van der Waals surface area contributed by atoms with Crippen molar-refractivity contribution in [3.8, 4) is 0 Å². The second kappa shape index (κ2) is 9.96. The summed E-state index contributed by atoms with van der Waals surface area (Å²) in [6.07, 6.45) is 1.04. The first-order chi connectivity index (χ1) is 19.1. The number of fused-ring (bicyclic) bond motifs is 2. The topological polar surface area (TPSA) is 104 Å². The van der Waals surface area contributed by atoms with E-state index in [-0.39, 0.29) is 15.7 Å². The summed E-state index contributed by atoms with van der Waals surface area (Å²) in [4.78, 5) is 13.5. The first kappa shape index (κ1) is 26.4. The Kier molecular flexibility index (Phi) is 6.56. The van der Waals surface area contributed by atoms with Gasteiger partial charge in [-0.15, -0.1) is 0 Å². The lowest BCUT2D eigenvalue weighted by atomic mass is 10.1. The fraction of sp³-hybridized carbons (Fsp3) is 0.138. The van der Waals surface area contributed by atoms with Crippen LogP contribution in [0.15, 0.2) is 101 Å². The van der Waals surface area contributed by atoms with Crippen molar-refractivity contribution in [3.63, 3.8) is 0 Å². The first-order valence-corrected chi connectivity index (χ1v) is 15.8. The van der Waals surface area contributed by atoms with Crippen molar-refractivity contribution in [3.05, 3.63) is 113 Å². The van der Waals surface area contributed by atoms with Gasteiger partial charge in [-0.3, -0.25) is 13.4 Å². The Labute approximate surface area is 237 Å². The molecule has 0 saturated carbocycles. The quantitative estimate of drug-likeness (QED) is 0.335. The Balaban J connectivity index is 1.23. The van der Waals surface area contributed by atoms with Gasteiger partial charge >= 0.3 is 0 Å². The number of halogens is 1. The number of anilines is 3. The molecule has 1 amide bonds. The van der Waals surface area contributed by atoms with Crippen molar-refractivity contribution in [1.82, 2.24) is 0 Å². The molecule has 4 aromatic carbocycles. The molecule has 0 atom stereocenters. The molecule has 2 heterocycles. The molecule has 0 bridgehead atoms. The molecule has 0 unspecified atom stereocenters. The molecule has 204 valence electrons. The Morgan fingerprint density at radius 2 is 1.30 bits per heavy atom. The van der Waals surface area contributed by atoms with E-state index in [0.29, 0.717) is 53.6 Å². The maximum absolute atomic E-state index is 13.3. The van der Waals surface area contributed by atoms with Gasteiger partial charge in [-0.1, -0.05) is 35.9 Å². The number of carbonyl (C=O) groups excluding carboxylic acids is 1. The maximum Gasteiger partial charge on any atom is 0.264 e. The molecule has 0 fully saturated rings. The van der Waals surface area contributed by atoms with E-state index in [1.807, 2.05) is 6.07 Å². The zero-order valence-electron chi connectivity index (χ0n) is 21.1. The van der Waals surface area contributed by atoms with Crippen molar-refractivity contribution in [2.24, 2.45) is 0 Å². The second-order valence-electron chi connectivity index (χ2n) is 9.56. The Morgan fingerprint density at radius 3 is 2.00 bits per heavy atom. The predicted octanol–water partition coefficient (Wildman–Crippen LogP) is 5.10. The van der Waals surface area contributed by atoms with Gasteiger partial charge in [0.25, 0.3) is 26.0 Å². The molecule has 1 N–H and O–H groups in total. The summed E-state index contributed by atoms with van der Waals surface area (Å²) in [5.41, 5.74) is 3.54. The lowest BCUT2D eigenvalue weighted by Gasteiger charge is -2.20. The molecule has 2 aliphatic heterocycles. The van der Waals surface area contributed by atoms with Crippen LogP contribution in [0.2, 0.25) is 5.02 Å². The van der Waals surface area contributed by atoms with E-state index in [2.05, 4.69) is 5.32 Å². The molecular weight excluding hydrogens is 570 g/mol. The van der Waals surface area contributed by atoms with E-state index in [1.54, 1.807) is 60.7 Å². The summed E-state index contributed by atoms with van der Waals surface area (Å²) >= 11 is 5.93. The van der Waals surface area contributed by atoms with Crippen LogP contribution in [0.4, 0.5) is 17.1 Å². The van der Waals surface area contributed by atoms with Crippen molar-refractivity contribution in [2.45, 2.75) is 22.6 Å². The Hall–Kier alpha value is -3.86. The third kappa shape index (κ3) is 4.61. The van der Waals surface area contributed by atoms with Gasteiger partial charge in [0.15, 0.2) is 0 Å². The highest BCUT2D eigenvalue weighted by molar-refractivity contribution is 7.93. The van der Waals surface area contributed by atoms with Crippen molar-refractivity contribution >= 4 is 54.6 Å². The Bertz CT molecular complexity index is 1840. The number of carbonyl (C=O) groups is 1. The summed E-state index contributed by atoms with van der Waals surface area (Å²) in [5.74, 6) is -0.378. The fourth-order valence-electron chi connectivity index (χ4n) is 5.10. The molecule has 40 heavy (non-hydrogen) atoms. The number of nitrogens with one attached hydrogen (secondary N) is 1. The highest BCUT2D eigenvalue weighted by Gasteiger charge is 2.32. The van der Waals surface area contributed by atoms with Crippen LogP contribution in [0, 0.1) is 0 Å². The minimum Gasteiger partial charge on any atom is -0.322 e. The van der Waals surface area contributed by atoms with Crippen LogP contribution in [-0.2, 0) is 32.9 Å². The van der Waals surface area contributed by atoms with Gasteiger partial charge in [0.05, 0.1) is 21.2 Å². The van der Waals surface area contributed by atoms with Crippen molar-refractivity contribution in [1.29, 1.82) is 0 Å². The van der Waals surface area contributed by atoms with Crippen LogP contribution in [0.25, 0.3) is 0 Å². The maximum atomic E-state index is 13.3. The van der Waals surface area contributed by atoms with Gasteiger partial charge in [0, 0.05) is 29.4 Å². The molecule has 11 heteroatoms. The number of hydrogen-bond acceptors (Lipinski definition) is 5. The monoisotopic (exact) mass is 593 g/mol. The molecule has 0 saturated heterocycles. The summed E-state index contributed by atoms with van der Waals surface area (Å²) in [6.45, 7) is 0.589. The zero-order valence-corrected chi connectivity index (χ0v) is 23.5. The lowest BCUT2D eigenvalue weighted by molar-refractivity contribution is 0.102. The van der Waals surface area contributed by atoms with Crippen LogP contribution in [0.5, 0.6) is 0 Å². The summed E-state index contributed by atoms with van der Waals surface area (Å²) in [5, 5.41) is 3.30.